The van der Waals surface area contributed by atoms with E-state index in [1.165, 1.54) is 25.7 Å². The van der Waals surface area contributed by atoms with Crippen molar-refractivity contribution in [2.45, 2.75) is 13.8 Å². The van der Waals surface area contributed by atoms with E-state index in [-0.39, 0.29) is 0 Å². The van der Waals surface area contributed by atoms with E-state index in [4.69, 9.17) is 4.98 Å². The first-order valence-corrected chi connectivity index (χ1v) is 19.0. The fourth-order valence-corrected chi connectivity index (χ4v) is 10.6. The quantitative estimate of drug-likeness (QED) is 0.158. The molecule has 0 unspecified atom stereocenters. The normalized spacial score (nSPS) is 12.1. The molecule has 6 aromatic carbocycles. The predicted octanol–water partition coefficient (Wildman–Crippen LogP) is 11.3. The molecule has 0 aliphatic carbocycles. The van der Waals surface area contributed by atoms with Gasteiger partial charge in [0.15, 0.2) is 7.14 Å². The predicted molar refractivity (Wildman–Crippen MR) is 212 cm³/mol. The molecule has 49 heavy (non-hydrogen) atoms. The maximum Gasteiger partial charge on any atom is 0.171 e. The molecule has 0 amide bonds. The standard InChI is InChI=1S/C45H34NOPS/c1-31(30-41-32(2)43-40-20-12-13-21-42(40)49-45(43)44(46-41)36-14-6-3-7-15-36)33-22-24-34(25-23-33)35-26-28-39(29-27-35)48(47,37-16-8-4-9-17-37)38-18-10-5-11-19-38/h3-30H,1-2H3/b31-30+. The van der Waals surface area contributed by atoms with Crippen molar-refractivity contribution in [1.82, 2.24) is 4.98 Å². The van der Waals surface area contributed by atoms with Gasteiger partial charge in [-0.1, -0.05) is 158 Å². The van der Waals surface area contributed by atoms with E-state index in [0.717, 1.165) is 55.1 Å². The number of hydrogen-bond acceptors (Lipinski definition) is 3. The first-order chi connectivity index (χ1) is 24.0. The second kappa shape index (κ2) is 12.9. The van der Waals surface area contributed by atoms with Crippen LogP contribution in [0.25, 0.3) is 54.2 Å². The number of aryl methyl sites for hydroxylation is 1. The van der Waals surface area contributed by atoms with Crippen LogP contribution in [0.3, 0.4) is 0 Å². The first kappa shape index (κ1) is 31.0. The molecular formula is C45H34NOPS. The van der Waals surface area contributed by atoms with E-state index < -0.39 is 7.14 Å². The van der Waals surface area contributed by atoms with E-state index in [1.54, 1.807) is 0 Å². The molecule has 0 radical (unpaired) electrons. The van der Waals surface area contributed by atoms with Crippen LogP contribution in [0.4, 0.5) is 0 Å². The minimum absolute atomic E-state index is 0.831. The SMILES string of the molecule is C/C(=C\c1nc(-c2ccccc2)c2sc3ccccc3c2c1C)c1ccc(-c2ccc(P(=O)(c3ccccc3)c3ccccc3)cc2)cc1. The number of hydrogen-bond donors (Lipinski definition) is 0. The number of nitrogens with zero attached hydrogens (tertiary/aromatic N) is 1. The van der Waals surface area contributed by atoms with E-state index in [1.807, 2.05) is 84.1 Å². The number of allylic oxidation sites excluding steroid dienone is 1. The van der Waals surface area contributed by atoms with Crippen LogP contribution in [0.2, 0.25) is 0 Å². The van der Waals surface area contributed by atoms with Gasteiger partial charge in [-0.3, -0.25) is 0 Å². The highest BCUT2D eigenvalue weighted by Crippen LogP contribution is 2.43. The summed E-state index contributed by atoms with van der Waals surface area (Å²) >= 11 is 1.82. The summed E-state index contributed by atoms with van der Waals surface area (Å²) in [6.07, 6.45) is 2.22. The van der Waals surface area contributed by atoms with Gasteiger partial charge in [-0.2, -0.15) is 0 Å². The van der Waals surface area contributed by atoms with Gasteiger partial charge >= 0.3 is 0 Å². The maximum atomic E-state index is 14.8. The Morgan fingerprint density at radius 1 is 0.592 bits per heavy atom. The van der Waals surface area contributed by atoms with Gasteiger partial charge in [-0.25, -0.2) is 4.98 Å². The largest absolute Gasteiger partial charge is 0.309 e. The Morgan fingerprint density at radius 3 is 1.71 bits per heavy atom. The molecule has 0 spiro atoms. The Kier molecular flexibility index (Phi) is 8.17. The molecule has 2 aromatic heterocycles. The zero-order valence-corrected chi connectivity index (χ0v) is 29.1. The molecule has 0 aliphatic rings. The van der Waals surface area contributed by atoms with Gasteiger partial charge in [-0.15, -0.1) is 11.3 Å². The smallest absolute Gasteiger partial charge is 0.171 e. The summed E-state index contributed by atoms with van der Waals surface area (Å²) in [4.78, 5) is 5.28. The van der Waals surface area contributed by atoms with Crippen LogP contribution in [0, 0.1) is 6.92 Å². The lowest BCUT2D eigenvalue weighted by molar-refractivity contribution is 0.592. The monoisotopic (exact) mass is 667 g/mol. The van der Waals surface area contributed by atoms with Crippen molar-refractivity contribution in [3.8, 4) is 22.4 Å². The molecule has 8 aromatic rings. The number of fused-ring (bicyclic) bond motifs is 3. The van der Waals surface area contributed by atoms with Crippen LogP contribution in [0.15, 0.2) is 164 Å². The highest BCUT2D eigenvalue weighted by atomic mass is 32.1. The van der Waals surface area contributed by atoms with Crippen LogP contribution in [0.5, 0.6) is 0 Å². The van der Waals surface area contributed by atoms with Crippen molar-refractivity contribution in [2.75, 3.05) is 0 Å². The van der Waals surface area contributed by atoms with Gasteiger partial charge < -0.3 is 4.57 Å². The number of benzene rings is 6. The Labute approximate surface area is 291 Å². The summed E-state index contributed by atoms with van der Waals surface area (Å²) in [6, 6.07) is 55.7. The van der Waals surface area contributed by atoms with Crippen molar-refractivity contribution in [3.63, 3.8) is 0 Å². The van der Waals surface area contributed by atoms with Gasteiger partial charge in [0.05, 0.1) is 16.1 Å². The Balaban J connectivity index is 1.13. The molecule has 0 saturated carbocycles. The van der Waals surface area contributed by atoms with E-state index >= 15 is 0 Å². The molecule has 8 rings (SSSR count). The highest BCUT2D eigenvalue weighted by molar-refractivity contribution is 7.85. The number of aromatic nitrogens is 1. The van der Waals surface area contributed by atoms with Crippen LogP contribution >= 0.6 is 18.5 Å². The van der Waals surface area contributed by atoms with Crippen molar-refractivity contribution >= 4 is 66.2 Å². The van der Waals surface area contributed by atoms with E-state index in [9.17, 15) is 4.57 Å². The fourth-order valence-electron chi connectivity index (χ4n) is 6.70. The third-order valence-corrected chi connectivity index (χ3v) is 13.6. The van der Waals surface area contributed by atoms with Gasteiger partial charge in [0.2, 0.25) is 0 Å². The first-order valence-electron chi connectivity index (χ1n) is 16.5. The molecule has 0 N–H and O–H groups in total. The van der Waals surface area contributed by atoms with Gasteiger partial charge in [0.25, 0.3) is 0 Å². The molecule has 0 aliphatic heterocycles. The lowest BCUT2D eigenvalue weighted by Crippen LogP contribution is -2.24. The average molecular weight is 668 g/mol. The molecule has 2 heterocycles. The van der Waals surface area contributed by atoms with E-state index in [0.29, 0.717) is 0 Å². The van der Waals surface area contributed by atoms with Crippen LogP contribution in [0.1, 0.15) is 23.7 Å². The van der Waals surface area contributed by atoms with Crippen molar-refractivity contribution < 1.29 is 4.57 Å². The second-order valence-electron chi connectivity index (χ2n) is 12.4. The van der Waals surface area contributed by atoms with Crippen molar-refractivity contribution in [2.24, 2.45) is 0 Å². The minimum atomic E-state index is -3.01. The van der Waals surface area contributed by atoms with E-state index in [2.05, 4.69) is 111 Å². The molecule has 236 valence electrons. The zero-order chi connectivity index (χ0) is 33.4. The summed E-state index contributed by atoms with van der Waals surface area (Å²) in [6.45, 7) is 4.36. The topological polar surface area (TPSA) is 30.0 Å². The summed E-state index contributed by atoms with van der Waals surface area (Å²) in [5.41, 5.74) is 8.86. The molecule has 4 heteroatoms. The Hall–Kier alpha value is -5.34. The van der Waals surface area contributed by atoms with Gasteiger partial charge in [0, 0.05) is 36.9 Å². The van der Waals surface area contributed by atoms with Gasteiger partial charge in [-0.05, 0) is 53.8 Å². The average Bonchev–Trinajstić information content (AvgIpc) is 3.57. The summed E-state index contributed by atoms with van der Waals surface area (Å²) in [5.74, 6) is 0. The summed E-state index contributed by atoms with van der Waals surface area (Å²) < 4.78 is 17.3. The zero-order valence-electron chi connectivity index (χ0n) is 27.4. The molecule has 0 fully saturated rings. The third-order valence-electron chi connectivity index (χ3n) is 9.35. The lowest BCUT2D eigenvalue weighted by atomic mass is 9.98. The summed E-state index contributed by atoms with van der Waals surface area (Å²) in [5, 5.41) is 5.08. The fraction of sp³-hybridized carbons (Fsp3) is 0.0444. The second-order valence-corrected chi connectivity index (χ2v) is 16.2. The van der Waals surface area contributed by atoms with Crippen LogP contribution < -0.4 is 15.9 Å². The molecule has 2 nitrogen and oxygen atoms in total. The third kappa shape index (κ3) is 5.66. The van der Waals surface area contributed by atoms with Crippen molar-refractivity contribution in [3.05, 3.63) is 181 Å². The van der Waals surface area contributed by atoms with Crippen LogP contribution in [-0.4, -0.2) is 4.98 Å². The minimum Gasteiger partial charge on any atom is -0.309 e. The Morgan fingerprint density at radius 2 is 1.10 bits per heavy atom. The maximum absolute atomic E-state index is 14.8. The Bertz CT molecular complexity index is 2460. The molecular weight excluding hydrogens is 634 g/mol. The lowest BCUT2D eigenvalue weighted by Gasteiger charge is -2.20. The highest BCUT2D eigenvalue weighted by Gasteiger charge is 2.29. The molecule has 0 atom stereocenters. The number of rotatable bonds is 7. The number of thiophene rings is 1. The van der Waals surface area contributed by atoms with Crippen molar-refractivity contribution in [1.29, 1.82) is 0 Å². The van der Waals surface area contributed by atoms with Crippen LogP contribution in [-0.2, 0) is 4.57 Å². The van der Waals surface area contributed by atoms with Gasteiger partial charge in [0.1, 0.15) is 0 Å². The summed E-state index contributed by atoms with van der Waals surface area (Å²) in [7, 11) is -3.01. The molecule has 0 saturated heterocycles. The molecule has 0 bridgehead atoms. The number of pyridine rings is 1.